The molecule has 1 aliphatic rings. The van der Waals surface area contributed by atoms with Crippen LogP contribution in [0.5, 0.6) is 0 Å². The largest absolute Gasteiger partial charge is 0.330 e. The van der Waals surface area contributed by atoms with E-state index in [1.54, 1.807) is 6.92 Å². The Balaban J connectivity index is 2.60. The predicted octanol–water partition coefficient (Wildman–Crippen LogP) is -1.03. The van der Waals surface area contributed by atoms with E-state index in [9.17, 15) is 18.0 Å². The zero-order valence-electron chi connectivity index (χ0n) is 13.0. The Morgan fingerprint density at radius 2 is 1.91 bits per heavy atom. The van der Waals surface area contributed by atoms with Gasteiger partial charge in [-0.05, 0) is 19.8 Å². The first-order chi connectivity index (χ1) is 10.2. The molecule has 1 aromatic rings. The molecule has 1 saturated heterocycles. The number of nitrogens with two attached hydrogens (primary N) is 1. The highest BCUT2D eigenvalue weighted by atomic mass is 32.2. The Labute approximate surface area is 129 Å². The first-order valence-electron chi connectivity index (χ1n) is 7.22. The summed E-state index contributed by atoms with van der Waals surface area (Å²) in [7, 11) is -1.30. The van der Waals surface area contributed by atoms with Gasteiger partial charge >= 0.3 is 5.69 Å². The van der Waals surface area contributed by atoms with Crippen LogP contribution in [0, 0.1) is 0 Å². The van der Waals surface area contributed by atoms with Gasteiger partial charge in [-0.25, -0.2) is 13.2 Å². The Morgan fingerprint density at radius 3 is 2.50 bits per heavy atom. The quantitative estimate of drug-likeness (QED) is 0.763. The SMILES string of the molecule is CC(N)C1CCCCN1S(=O)(=O)c1cn(C)c(=O)n(C)c1=O. The van der Waals surface area contributed by atoms with Gasteiger partial charge in [-0.2, -0.15) is 4.31 Å². The molecule has 1 fully saturated rings. The molecule has 1 aliphatic heterocycles. The smallest absolute Gasteiger partial charge is 0.326 e. The lowest BCUT2D eigenvalue weighted by Crippen LogP contribution is -2.53. The molecule has 0 aromatic carbocycles. The Morgan fingerprint density at radius 1 is 1.27 bits per heavy atom. The summed E-state index contributed by atoms with van der Waals surface area (Å²) in [6.07, 6.45) is 3.40. The molecule has 2 atom stereocenters. The second-order valence-corrected chi connectivity index (χ2v) is 7.65. The highest BCUT2D eigenvalue weighted by Crippen LogP contribution is 2.25. The monoisotopic (exact) mass is 330 g/mol. The van der Waals surface area contributed by atoms with Gasteiger partial charge in [0.05, 0.1) is 0 Å². The van der Waals surface area contributed by atoms with Gasteiger partial charge in [0.15, 0.2) is 4.90 Å². The van der Waals surface area contributed by atoms with Crippen LogP contribution in [0.3, 0.4) is 0 Å². The van der Waals surface area contributed by atoms with E-state index < -0.39 is 21.3 Å². The number of nitrogens with zero attached hydrogens (tertiary/aromatic N) is 3. The minimum atomic E-state index is -3.99. The highest BCUT2D eigenvalue weighted by Gasteiger charge is 2.37. The summed E-state index contributed by atoms with van der Waals surface area (Å²) in [6, 6.07) is -0.660. The number of aryl methyl sites for hydroxylation is 1. The minimum Gasteiger partial charge on any atom is -0.326 e. The van der Waals surface area contributed by atoms with Gasteiger partial charge in [0, 0.05) is 38.9 Å². The zero-order chi connectivity index (χ0) is 16.7. The molecule has 2 heterocycles. The molecule has 0 radical (unpaired) electrons. The molecular formula is C13H22N4O4S. The van der Waals surface area contributed by atoms with E-state index in [4.69, 9.17) is 5.73 Å². The maximum absolute atomic E-state index is 12.9. The molecule has 0 amide bonds. The van der Waals surface area contributed by atoms with E-state index in [2.05, 4.69) is 0 Å². The lowest BCUT2D eigenvalue weighted by atomic mass is 10.00. The second-order valence-electron chi connectivity index (χ2n) is 5.79. The van der Waals surface area contributed by atoms with E-state index >= 15 is 0 Å². The first-order valence-corrected chi connectivity index (χ1v) is 8.66. The van der Waals surface area contributed by atoms with E-state index in [0.717, 1.165) is 28.2 Å². The molecule has 0 aliphatic carbocycles. The maximum Gasteiger partial charge on any atom is 0.330 e. The van der Waals surface area contributed by atoms with Crippen LogP contribution in [-0.4, -0.2) is 40.5 Å². The summed E-state index contributed by atoms with van der Waals surface area (Å²) in [6.45, 7) is 2.10. The van der Waals surface area contributed by atoms with Crippen LogP contribution in [0.15, 0.2) is 20.7 Å². The average molecular weight is 330 g/mol. The van der Waals surface area contributed by atoms with E-state index in [0.29, 0.717) is 13.0 Å². The third-order valence-electron chi connectivity index (χ3n) is 4.11. The van der Waals surface area contributed by atoms with Crippen molar-refractivity contribution in [3.8, 4) is 0 Å². The van der Waals surface area contributed by atoms with Crippen molar-refractivity contribution < 1.29 is 8.42 Å². The summed E-state index contributed by atoms with van der Waals surface area (Å²) in [4.78, 5) is 23.6. The number of hydrogen-bond acceptors (Lipinski definition) is 5. The minimum absolute atomic E-state index is 0.327. The van der Waals surface area contributed by atoms with Crippen LogP contribution in [0.4, 0.5) is 0 Å². The van der Waals surface area contributed by atoms with Gasteiger partial charge < -0.3 is 10.3 Å². The zero-order valence-corrected chi connectivity index (χ0v) is 13.8. The average Bonchev–Trinajstić information content (AvgIpc) is 2.48. The van der Waals surface area contributed by atoms with Crippen molar-refractivity contribution in [3.05, 3.63) is 27.0 Å². The fourth-order valence-electron chi connectivity index (χ4n) is 2.83. The highest BCUT2D eigenvalue weighted by molar-refractivity contribution is 7.89. The first kappa shape index (κ1) is 16.9. The standard InChI is InChI=1S/C13H22N4O4S/c1-9(14)10-6-4-5-7-17(10)22(20,21)11-8-15(2)13(19)16(3)12(11)18/h8-10H,4-7,14H2,1-3H3. The van der Waals surface area contributed by atoms with Crippen molar-refractivity contribution >= 4 is 10.0 Å². The molecule has 1 aromatic heterocycles. The third-order valence-corrected chi connectivity index (χ3v) is 6.01. The molecule has 2 rings (SSSR count). The number of aromatic nitrogens is 2. The molecular weight excluding hydrogens is 308 g/mol. The number of sulfonamides is 1. The Bertz CT molecular complexity index is 778. The topological polar surface area (TPSA) is 107 Å². The number of rotatable bonds is 3. The van der Waals surface area contributed by atoms with Gasteiger partial charge in [0.2, 0.25) is 10.0 Å². The van der Waals surface area contributed by atoms with E-state index in [-0.39, 0.29) is 17.0 Å². The second kappa shape index (κ2) is 5.98. The van der Waals surface area contributed by atoms with Crippen LogP contribution in [-0.2, 0) is 24.1 Å². The Kier molecular flexibility index (Phi) is 4.59. The van der Waals surface area contributed by atoms with Crippen molar-refractivity contribution in [3.63, 3.8) is 0 Å². The molecule has 0 bridgehead atoms. The lowest BCUT2D eigenvalue weighted by Gasteiger charge is -2.36. The molecule has 8 nitrogen and oxygen atoms in total. The number of piperidine rings is 1. The van der Waals surface area contributed by atoms with Gasteiger partial charge in [0.25, 0.3) is 5.56 Å². The van der Waals surface area contributed by atoms with Gasteiger partial charge in [-0.3, -0.25) is 9.36 Å². The van der Waals surface area contributed by atoms with Gasteiger partial charge in [0.1, 0.15) is 0 Å². The molecule has 0 saturated carbocycles. The Hall–Kier alpha value is -1.45. The van der Waals surface area contributed by atoms with Crippen molar-refractivity contribution in [1.82, 2.24) is 13.4 Å². The summed E-state index contributed by atoms with van der Waals surface area (Å²) in [5.41, 5.74) is 4.54. The summed E-state index contributed by atoms with van der Waals surface area (Å²) in [5.74, 6) is 0. The van der Waals surface area contributed by atoms with Crippen molar-refractivity contribution in [2.75, 3.05) is 6.54 Å². The summed E-state index contributed by atoms with van der Waals surface area (Å²) in [5, 5.41) is 0. The van der Waals surface area contributed by atoms with E-state index in [1.807, 2.05) is 0 Å². The van der Waals surface area contributed by atoms with Crippen molar-refractivity contribution in [2.45, 2.75) is 43.2 Å². The van der Waals surface area contributed by atoms with Crippen LogP contribution in [0.1, 0.15) is 26.2 Å². The fourth-order valence-corrected chi connectivity index (χ4v) is 4.76. The maximum atomic E-state index is 12.9. The predicted molar refractivity (Wildman–Crippen MR) is 82.1 cm³/mol. The molecule has 22 heavy (non-hydrogen) atoms. The van der Waals surface area contributed by atoms with Crippen molar-refractivity contribution in [1.29, 1.82) is 0 Å². The molecule has 2 N–H and O–H groups in total. The van der Waals surface area contributed by atoms with E-state index in [1.165, 1.54) is 18.4 Å². The van der Waals surface area contributed by atoms with Crippen LogP contribution >= 0.6 is 0 Å². The molecule has 124 valence electrons. The molecule has 2 unspecified atom stereocenters. The van der Waals surface area contributed by atoms with Gasteiger partial charge in [-0.1, -0.05) is 6.42 Å². The van der Waals surface area contributed by atoms with Crippen LogP contribution in [0.25, 0.3) is 0 Å². The van der Waals surface area contributed by atoms with Crippen molar-refractivity contribution in [2.24, 2.45) is 19.8 Å². The normalized spacial score (nSPS) is 21.7. The van der Waals surface area contributed by atoms with Crippen LogP contribution in [0.2, 0.25) is 0 Å². The van der Waals surface area contributed by atoms with Gasteiger partial charge in [-0.15, -0.1) is 0 Å². The lowest BCUT2D eigenvalue weighted by molar-refractivity contribution is 0.227. The molecule has 9 heteroatoms. The summed E-state index contributed by atoms with van der Waals surface area (Å²) < 4.78 is 29.0. The fraction of sp³-hybridized carbons (Fsp3) is 0.692. The molecule has 0 spiro atoms. The third kappa shape index (κ3) is 2.75. The number of hydrogen-bond donors (Lipinski definition) is 1. The summed E-state index contributed by atoms with van der Waals surface area (Å²) >= 11 is 0. The van der Waals surface area contributed by atoms with Crippen LogP contribution < -0.4 is 17.0 Å².